The average molecular weight is 470 g/mol. The van der Waals surface area contributed by atoms with E-state index in [1.54, 1.807) is 12.4 Å². The predicted molar refractivity (Wildman–Crippen MR) is 141 cm³/mol. The Morgan fingerprint density at radius 1 is 0.914 bits per heavy atom. The van der Waals surface area contributed by atoms with Crippen molar-refractivity contribution in [1.82, 2.24) is 19.9 Å². The third kappa shape index (κ3) is 6.96. The monoisotopic (exact) mass is 469 g/mol. The van der Waals surface area contributed by atoms with Crippen molar-refractivity contribution >= 4 is 28.6 Å². The predicted octanol–water partition coefficient (Wildman–Crippen LogP) is 5.11. The van der Waals surface area contributed by atoms with E-state index < -0.39 is 0 Å². The van der Waals surface area contributed by atoms with Crippen LogP contribution in [-0.4, -0.2) is 45.8 Å². The molecule has 35 heavy (non-hydrogen) atoms. The molecule has 0 amide bonds. The molecule has 4 aromatic rings. The number of aromatic nitrogens is 4. The largest absolute Gasteiger partial charge is 0.463 e. The van der Waals surface area contributed by atoms with Crippen LogP contribution >= 0.6 is 0 Å². The molecule has 2 aromatic heterocycles. The molecular weight excluding hydrogens is 438 g/mol. The molecule has 2 heterocycles. The Morgan fingerprint density at radius 2 is 1.71 bits per heavy atom. The number of nitrogens with zero attached hydrogens (tertiary/aromatic N) is 6. The summed E-state index contributed by atoms with van der Waals surface area (Å²) in [7, 11) is 0. The summed E-state index contributed by atoms with van der Waals surface area (Å²) in [6.07, 6.45) is 6.04. The molecule has 1 N–H and O–H groups in total. The number of benzene rings is 2. The van der Waals surface area contributed by atoms with Crippen LogP contribution in [-0.2, 0) is 6.42 Å². The average Bonchev–Trinajstić information content (AvgIpc) is 2.89. The van der Waals surface area contributed by atoms with Crippen molar-refractivity contribution in [3.8, 4) is 6.01 Å². The highest BCUT2D eigenvalue weighted by atomic mass is 16.5. The van der Waals surface area contributed by atoms with Crippen molar-refractivity contribution in [1.29, 1.82) is 0 Å². The molecule has 0 aliphatic heterocycles. The van der Waals surface area contributed by atoms with E-state index in [0.717, 1.165) is 42.7 Å². The van der Waals surface area contributed by atoms with Crippen molar-refractivity contribution in [3.63, 3.8) is 0 Å². The van der Waals surface area contributed by atoms with Crippen LogP contribution in [0.15, 0.2) is 72.0 Å². The van der Waals surface area contributed by atoms with Crippen LogP contribution < -0.4 is 15.1 Å². The maximum absolute atomic E-state index is 5.90. The summed E-state index contributed by atoms with van der Waals surface area (Å²) >= 11 is 0. The van der Waals surface area contributed by atoms with Crippen molar-refractivity contribution in [3.05, 3.63) is 78.4 Å². The molecule has 0 atom stereocenters. The fourth-order valence-electron chi connectivity index (χ4n) is 3.69. The standard InChI is InChI=1S/C27H31N7O/c1-3-16-34(17-4-2)26-30-25(31-27(32-26)35-18-14-23-11-7-8-15-28-23)20-29-33-24-13-12-21-9-5-6-10-22(21)19-24/h5-13,15,19-20,33H,3-4,14,16-18H2,1-2H3/b29-20+. The van der Waals surface area contributed by atoms with Gasteiger partial charge in [0.25, 0.3) is 0 Å². The molecule has 180 valence electrons. The zero-order chi connectivity index (χ0) is 24.3. The lowest BCUT2D eigenvalue weighted by molar-refractivity contribution is 0.293. The summed E-state index contributed by atoms with van der Waals surface area (Å²) in [5.41, 5.74) is 4.92. The molecule has 8 nitrogen and oxygen atoms in total. The lowest BCUT2D eigenvalue weighted by Crippen LogP contribution is -2.27. The van der Waals surface area contributed by atoms with Crippen LogP contribution in [0.1, 0.15) is 38.2 Å². The first kappa shape index (κ1) is 24.1. The van der Waals surface area contributed by atoms with E-state index in [4.69, 9.17) is 4.74 Å². The van der Waals surface area contributed by atoms with Crippen LogP contribution in [0.4, 0.5) is 11.6 Å². The quantitative estimate of drug-likeness (QED) is 0.228. The number of rotatable bonds is 12. The molecule has 0 radical (unpaired) electrons. The maximum Gasteiger partial charge on any atom is 0.321 e. The molecule has 0 saturated heterocycles. The normalized spacial score (nSPS) is 11.1. The molecule has 2 aromatic carbocycles. The number of anilines is 2. The number of pyridine rings is 1. The lowest BCUT2D eigenvalue weighted by Gasteiger charge is -2.21. The molecule has 0 unspecified atom stereocenters. The Bertz CT molecular complexity index is 1240. The van der Waals surface area contributed by atoms with Gasteiger partial charge in [0, 0.05) is 31.4 Å². The van der Waals surface area contributed by atoms with Gasteiger partial charge in [-0.25, -0.2) is 0 Å². The van der Waals surface area contributed by atoms with E-state index in [0.29, 0.717) is 24.8 Å². The SMILES string of the molecule is CCCN(CCC)c1nc(/C=N/Nc2ccc3ccccc3c2)nc(OCCc2ccccn2)n1. The number of hydrogen-bond donors (Lipinski definition) is 1. The zero-order valence-corrected chi connectivity index (χ0v) is 20.3. The summed E-state index contributed by atoms with van der Waals surface area (Å²) < 4.78 is 5.90. The smallest absolute Gasteiger partial charge is 0.321 e. The van der Waals surface area contributed by atoms with Crippen LogP contribution in [0.2, 0.25) is 0 Å². The maximum atomic E-state index is 5.90. The van der Waals surface area contributed by atoms with E-state index >= 15 is 0 Å². The minimum absolute atomic E-state index is 0.287. The number of nitrogens with one attached hydrogen (secondary N) is 1. The van der Waals surface area contributed by atoms with Gasteiger partial charge in [-0.05, 0) is 47.9 Å². The second-order valence-corrected chi connectivity index (χ2v) is 8.11. The van der Waals surface area contributed by atoms with Crippen LogP contribution in [0.3, 0.4) is 0 Å². The number of hydrogen-bond acceptors (Lipinski definition) is 8. The van der Waals surface area contributed by atoms with Crippen molar-refractivity contribution in [2.45, 2.75) is 33.1 Å². The van der Waals surface area contributed by atoms with E-state index in [9.17, 15) is 0 Å². The van der Waals surface area contributed by atoms with Crippen molar-refractivity contribution in [2.24, 2.45) is 5.10 Å². The first-order valence-electron chi connectivity index (χ1n) is 12.1. The van der Waals surface area contributed by atoms with E-state index in [1.165, 1.54) is 5.39 Å². The second kappa shape index (κ2) is 12.4. The van der Waals surface area contributed by atoms with E-state index in [1.807, 2.05) is 36.4 Å². The zero-order valence-electron chi connectivity index (χ0n) is 20.3. The molecule has 0 bridgehead atoms. The summed E-state index contributed by atoms with van der Waals surface area (Å²) in [4.78, 5) is 20.2. The van der Waals surface area contributed by atoms with E-state index in [-0.39, 0.29) is 6.01 Å². The number of ether oxygens (including phenoxy) is 1. The lowest BCUT2D eigenvalue weighted by atomic mass is 10.1. The number of hydrazone groups is 1. The van der Waals surface area contributed by atoms with Gasteiger partial charge in [-0.3, -0.25) is 10.4 Å². The van der Waals surface area contributed by atoms with Gasteiger partial charge in [-0.1, -0.05) is 50.2 Å². The van der Waals surface area contributed by atoms with Gasteiger partial charge >= 0.3 is 6.01 Å². The Hall–Kier alpha value is -4.07. The molecule has 0 spiro atoms. The molecule has 0 saturated carbocycles. The minimum atomic E-state index is 0.287. The van der Waals surface area contributed by atoms with Crippen molar-refractivity contribution < 1.29 is 4.74 Å². The van der Waals surface area contributed by atoms with Crippen molar-refractivity contribution in [2.75, 3.05) is 30.0 Å². The van der Waals surface area contributed by atoms with Crippen LogP contribution in [0, 0.1) is 0 Å². The van der Waals surface area contributed by atoms with Gasteiger partial charge in [-0.15, -0.1) is 0 Å². The fraction of sp³-hybridized carbons (Fsp3) is 0.296. The molecule has 0 aliphatic carbocycles. The van der Waals surface area contributed by atoms with Crippen LogP contribution in [0.25, 0.3) is 10.8 Å². The number of fused-ring (bicyclic) bond motifs is 1. The fourth-order valence-corrected chi connectivity index (χ4v) is 3.69. The highest BCUT2D eigenvalue weighted by Crippen LogP contribution is 2.19. The van der Waals surface area contributed by atoms with Gasteiger partial charge in [0.05, 0.1) is 18.5 Å². The molecule has 8 heteroatoms. The second-order valence-electron chi connectivity index (χ2n) is 8.11. The van der Waals surface area contributed by atoms with Gasteiger partial charge < -0.3 is 9.64 Å². The van der Waals surface area contributed by atoms with Gasteiger partial charge in [-0.2, -0.15) is 20.1 Å². The Balaban J connectivity index is 1.51. The summed E-state index contributed by atoms with van der Waals surface area (Å²) in [6.45, 7) is 6.43. The van der Waals surface area contributed by atoms with E-state index in [2.05, 4.69) is 73.5 Å². The summed E-state index contributed by atoms with van der Waals surface area (Å²) in [6, 6.07) is 20.5. The first-order valence-corrected chi connectivity index (χ1v) is 12.1. The Morgan fingerprint density at radius 3 is 2.49 bits per heavy atom. The third-order valence-electron chi connectivity index (χ3n) is 5.33. The molecule has 0 aliphatic rings. The third-order valence-corrected chi connectivity index (χ3v) is 5.33. The highest BCUT2D eigenvalue weighted by molar-refractivity contribution is 5.86. The summed E-state index contributed by atoms with van der Waals surface area (Å²) in [5, 5.41) is 6.70. The van der Waals surface area contributed by atoms with Gasteiger partial charge in [0.1, 0.15) is 0 Å². The van der Waals surface area contributed by atoms with Gasteiger partial charge in [0.15, 0.2) is 5.82 Å². The molecule has 0 fully saturated rings. The molecule has 4 rings (SSSR count). The minimum Gasteiger partial charge on any atom is -0.463 e. The summed E-state index contributed by atoms with van der Waals surface area (Å²) in [5.74, 6) is 1.04. The topological polar surface area (TPSA) is 88.4 Å². The highest BCUT2D eigenvalue weighted by Gasteiger charge is 2.13. The Kier molecular flexibility index (Phi) is 8.53. The van der Waals surface area contributed by atoms with Gasteiger partial charge in [0.2, 0.25) is 5.95 Å². The first-order chi connectivity index (χ1) is 17.2. The van der Waals surface area contributed by atoms with Crippen LogP contribution in [0.5, 0.6) is 6.01 Å². The molecular formula is C27H31N7O. The Labute approximate surface area is 206 Å².